The molecule has 0 N–H and O–H groups in total. The first-order valence-electron chi connectivity index (χ1n) is 5.51. The van der Waals surface area contributed by atoms with Crippen molar-refractivity contribution < 1.29 is 4.79 Å². The Morgan fingerprint density at radius 2 is 2.11 bits per heavy atom. The second-order valence-corrected chi connectivity index (χ2v) is 5.04. The molecule has 0 radical (unpaired) electrons. The lowest BCUT2D eigenvalue weighted by molar-refractivity contribution is -0.117. The smallest absolute Gasteiger partial charge is 0.233 e. The number of likely N-dealkylation sites (N-methyl/N-ethyl adjacent to an activating group) is 1. The molecular weight excluding hydrogens is 268 g/mol. The SMILES string of the molecule is CN(C(=O)Cc1nc(CCl)cs1)c1ccccc1. The van der Waals surface area contributed by atoms with Crippen LogP contribution in [0.2, 0.25) is 0 Å². The number of alkyl halides is 1. The molecule has 0 aliphatic rings. The van der Waals surface area contributed by atoms with Gasteiger partial charge in [-0.1, -0.05) is 18.2 Å². The summed E-state index contributed by atoms with van der Waals surface area (Å²) in [6.07, 6.45) is 0.312. The maximum atomic E-state index is 12.1. The van der Waals surface area contributed by atoms with E-state index in [0.29, 0.717) is 12.3 Å². The van der Waals surface area contributed by atoms with E-state index in [2.05, 4.69) is 4.98 Å². The first-order valence-corrected chi connectivity index (χ1v) is 6.93. The predicted molar refractivity (Wildman–Crippen MR) is 75.2 cm³/mol. The fourth-order valence-electron chi connectivity index (χ4n) is 1.54. The summed E-state index contributed by atoms with van der Waals surface area (Å²) in [5.74, 6) is 0.413. The van der Waals surface area contributed by atoms with Gasteiger partial charge in [0.1, 0.15) is 5.01 Å². The molecule has 94 valence electrons. The van der Waals surface area contributed by atoms with E-state index in [1.54, 1.807) is 11.9 Å². The summed E-state index contributed by atoms with van der Waals surface area (Å²) in [5, 5.41) is 2.69. The molecule has 0 bridgehead atoms. The Morgan fingerprint density at radius 1 is 1.39 bits per heavy atom. The molecule has 1 amide bonds. The molecule has 0 aliphatic carbocycles. The highest BCUT2D eigenvalue weighted by molar-refractivity contribution is 7.09. The van der Waals surface area contributed by atoms with E-state index in [9.17, 15) is 4.79 Å². The maximum Gasteiger partial charge on any atom is 0.233 e. The number of nitrogens with zero attached hydrogens (tertiary/aromatic N) is 2. The van der Waals surface area contributed by atoms with E-state index >= 15 is 0 Å². The largest absolute Gasteiger partial charge is 0.315 e. The summed E-state index contributed by atoms with van der Waals surface area (Å²) in [4.78, 5) is 18.0. The zero-order valence-corrected chi connectivity index (χ0v) is 11.5. The zero-order valence-electron chi connectivity index (χ0n) is 9.97. The van der Waals surface area contributed by atoms with Gasteiger partial charge in [-0.05, 0) is 12.1 Å². The Bertz CT molecular complexity index is 527. The Kier molecular flexibility index (Phi) is 4.33. The summed E-state index contributed by atoms with van der Waals surface area (Å²) in [5.41, 5.74) is 1.71. The van der Waals surface area contributed by atoms with Gasteiger partial charge in [-0.15, -0.1) is 22.9 Å². The van der Waals surface area contributed by atoms with Gasteiger partial charge in [0.2, 0.25) is 5.91 Å². The third-order valence-corrected chi connectivity index (χ3v) is 3.73. The minimum absolute atomic E-state index is 0.0247. The molecule has 0 aliphatic heterocycles. The normalized spacial score (nSPS) is 10.3. The van der Waals surface area contributed by atoms with Crippen LogP contribution >= 0.6 is 22.9 Å². The Hall–Kier alpha value is -1.39. The number of benzene rings is 1. The van der Waals surface area contributed by atoms with Gasteiger partial charge in [0, 0.05) is 18.1 Å². The topological polar surface area (TPSA) is 33.2 Å². The van der Waals surface area contributed by atoms with Gasteiger partial charge in [0.05, 0.1) is 18.0 Å². The van der Waals surface area contributed by atoms with Crippen molar-refractivity contribution in [2.24, 2.45) is 0 Å². The maximum absolute atomic E-state index is 12.1. The van der Waals surface area contributed by atoms with Gasteiger partial charge in [0.25, 0.3) is 0 Å². The standard InChI is InChI=1S/C13H13ClN2OS/c1-16(11-5-3-2-4-6-11)13(17)7-12-15-10(8-14)9-18-12/h2-6,9H,7-8H2,1H3. The first-order chi connectivity index (χ1) is 8.70. The molecule has 0 spiro atoms. The van der Waals surface area contributed by atoms with Crippen molar-refractivity contribution in [2.75, 3.05) is 11.9 Å². The molecule has 0 unspecified atom stereocenters. The first kappa shape index (κ1) is 13.1. The van der Waals surface area contributed by atoms with Gasteiger partial charge in [-0.3, -0.25) is 4.79 Å². The quantitative estimate of drug-likeness (QED) is 0.807. The number of carbonyl (C=O) groups excluding carboxylic acids is 1. The number of carbonyl (C=O) groups is 1. The van der Waals surface area contributed by atoms with E-state index in [1.807, 2.05) is 35.7 Å². The fraction of sp³-hybridized carbons (Fsp3) is 0.231. The monoisotopic (exact) mass is 280 g/mol. The lowest BCUT2D eigenvalue weighted by Crippen LogP contribution is -2.27. The van der Waals surface area contributed by atoms with E-state index in [4.69, 9.17) is 11.6 Å². The fourth-order valence-corrected chi connectivity index (χ4v) is 2.55. The Labute approximate surface area is 115 Å². The predicted octanol–water partition coefficient (Wildman–Crippen LogP) is 3.09. The average Bonchev–Trinajstić information content (AvgIpc) is 2.86. The second-order valence-electron chi connectivity index (χ2n) is 3.83. The van der Waals surface area contributed by atoms with E-state index in [-0.39, 0.29) is 5.91 Å². The summed E-state index contributed by atoms with van der Waals surface area (Å²) >= 11 is 7.16. The van der Waals surface area contributed by atoms with Crippen LogP contribution in [0, 0.1) is 0 Å². The van der Waals surface area contributed by atoms with Crippen molar-refractivity contribution >= 4 is 34.5 Å². The van der Waals surface area contributed by atoms with Crippen LogP contribution in [-0.2, 0) is 17.1 Å². The van der Waals surface area contributed by atoms with Crippen LogP contribution in [0.15, 0.2) is 35.7 Å². The minimum Gasteiger partial charge on any atom is -0.315 e. The van der Waals surface area contributed by atoms with Crippen LogP contribution in [0.1, 0.15) is 10.7 Å². The molecular formula is C13H13ClN2OS. The van der Waals surface area contributed by atoms with Crippen LogP contribution in [0.3, 0.4) is 0 Å². The molecule has 18 heavy (non-hydrogen) atoms. The Morgan fingerprint density at radius 3 is 2.72 bits per heavy atom. The van der Waals surface area contributed by atoms with Crippen molar-refractivity contribution in [3.05, 3.63) is 46.4 Å². The summed E-state index contributed by atoms with van der Waals surface area (Å²) in [7, 11) is 1.77. The van der Waals surface area contributed by atoms with Crippen molar-refractivity contribution in [2.45, 2.75) is 12.3 Å². The van der Waals surface area contributed by atoms with Gasteiger partial charge < -0.3 is 4.90 Å². The number of thiazole rings is 1. The molecule has 1 aromatic carbocycles. The molecule has 2 aromatic rings. The number of rotatable bonds is 4. The number of halogens is 1. The second kappa shape index (κ2) is 5.98. The van der Waals surface area contributed by atoms with Crippen LogP contribution in [0.25, 0.3) is 0 Å². The molecule has 5 heteroatoms. The highest BCUT2D eigenvalue weighted by Gasteiger charge is 2.13. The molecule has 1 heterocycles. The molecule has 0 saturated heterocycles. The molecule has 0 fully saturated rings. The molecule has 0 saturated carbocycles. The van der Waals surface area contributed by atoms with Crippen molar-refractivity contribution in [3.8, 4) is 0 Å². The third-order valence-electron chi connectivity index (χ3n) is 2.56. The average molecular weight is 281 g/mol. The Balaban J connectivity index is 2.04. The summed E-state index contributed by atoms with van der Waals surface area (Å²) in [6.45, 7) is 0. The number of hydrogen-bond acceptors (Lipinski definition) is 3. The number of aromatic nitrogens is 1. The van der Waals surface area contributed by atoms with Gasteiger partial charge >= 0.3 is 0 Å². The summed E-state index contributed by atoms with van der Waals surface area (Å²) in [6, 6.07) is 9.56. The van der Waals surface area contributed by atoms with Gasteiger partial charge in [0.15, 0.2) is 0 Å². The molecule has 2 rings (SSSR count). The lowest BCUT2D eigenvalue weighted by Gasteiger charge is -2.16. The van der Waals surface area contributed by atoms with E-state index < -0.39 is 0 Å². The highest BCUT2D eigenvalue weighted by atomic mass is 35.5. The van der Waals surface area contributed by atoms with Gasteiger partial charge in [-0.2, -0.15) is 0 Å². The highest BCUT2D eigenvalue weighted by Crippen LogP contribution is 2.16. The number of para-hydroxylation sites is 1. The third kappa shape index (κ3) is 3.09. The zero-order chi connectivity index (χ0) is 13.0. The number of amides is 1. The van der Waals surface area contributed by atoms with Crippen molar-refractivity contribution in [1.82, 2.24) is 4.98 Å². The van der Waals surface area contributed by atoms with Crippen LogP contribution in [-0.4, -0.2) is 17.9 Å². The number of hydrogen-bond donors (Lipinski definition) is 0. The molecule has 3 nitrogen and oxygen atoms in total. The van der Waals surface area contributed by atoms with Crippen LogP contribution in [0.4, 0.5) is 5.69 Å². The lowest BCUT2D eigenvalue weighted by atomic mass is 10.3. The summed E-state index contributed by atoms with van der Waals surface area (Å²) < 4.78 is 0. The van der Waals surface area contributed by atoms with E-state index in [1.165, 1.54) is 11.3 Å². The van der Waals surface area contributed by atoms with Crippen molar-refractivity contribution in [3.63, 3.8) is 0 Å². The van der Waals surface area contributed by atoms with E-state index in [0.717, 1.165) is 16.4 Å². The molecule has 0 atom stereocenters. The number of anilines is 1. The molecule has 1 aromatic heterocycles. The van der Waals surface area contributed by atoms with Crippen LogP contribution < -0.4 is 4.90 Å². The van der Waals surface area contributed by atoms with Crippen molar-refractivity contribution in [1.29, 1.82) is 0 Å². The van der Waals surface area contributed by atoms with Crippen LogP contribution in [0.5, 0.6) is 0 Å². The minimum atomic E-state index is 0.0247. The van der Waals surface area contributed by atoms with Gasteiger partial charge in [-0.25, -0.2) is 4.98 Å².